The summed E-state index contributed by atoms with van der Waals surface area (Å²) in [5.41, 5.74) is 1.90. The molecule has 1 aromatic heterocycles. The van der Waals surface area contributed by atoms with E-state index in [1.165, 1.54) is 12.8 Å². The SMILES string of the molecule is C#C.CC(=N)C1CC1.Cc1ccnc(C)n1. The molecule has 0 aliphatic heterocycles. The Hall–Kier alpha value is -1.69. The molecule has 0 aromatic carbocycles. The van der Waals surface area contributed by atoms with Gasteiger partial charge in [0.15, 0.2) is 0 Å². The summed E-state index contributed by atoms with van der Waals surface area (Å²) in [6.45, 7) is 5.72. The molecule has 0 saturated heterocycles. The summed E-state index contributed by atoms with van der Waals surface area (Å²) in [5, 5.41) is 7.01. The summed E-state index contributed by atoms with van der Waals surface area (Å²) >= 11 is 0. The van der Waals surface area contributed by atoms with Crippen LogP contribution in [-0.2, 0) is 0 Å². The molecule has 3 heteroatoms. The van der Waals surface area contributed by atoms with Crippen molar-refractivity contribution in [2.24, 2.45) is 5.92 Å². The fraction of sp³-hybridized carbons (Fsp3) is 0.462. The standard InChI is InChI=1S/C6H8N2.C5H9N.C2H2/c1-5-3-4-7-6(2)8-5;1-4(6)5-2-3-5;1-2/h3-4H,1-2H3;5-6H,2-3H2,1H3;1-2H. The third-order valence-corrected chi connectivity index (χ3v) is 2.10. The lowest BCUT2D eigenvalue weighted by molar-refractivity contribution is 1.01. The van der Waals surface area contributed by atoms with Crippen LogP contribution >= 0.6 is 0 Å². The molecular formula is C13H19N3. The van der Waals surface area contributed by atoms with Gasteiger partial charge in [-0.15, -0.1) is 12.8 Å². The highest BCUT2D eigenvalue weighted by Gasteiger charge is 2.22. The predicted octanol–water partition coefficient (Wildman–Crippen LogP) is 2.78. The van der Waals surface area contributed by atoms with Crippen LogP contribution in [0.2, 0.25) is 0 Å². The lowest BCUT2D eigenvalue weighted by Crippen LogP contribution is -1.86. The maximum atomic E-state index is 7.01. The highest BCUT2D eigenvalue weighted by atomic mass is 14.9. The van der Waals surface area contributed by atoms with E-state index in [0.29, 0.717) is 5.92 Å². The second kappa shape index (κ2) is 7.58. The first-order chi connectivity index (χ1) is 7.59. The quantitative estimate of drug-likeness (QED) is 0.581. The van der Waals surface area contributed by atoms with Gasteiger partial charge in [0.2, 0.25) is 0 Å². The van der Waals surface area contributed by atoms with E-state index < -0.39 is 0 Å². The van der Waals surface area contributed by atoms with Crippen molar-refractivity contribution in [1.29, 1.82) is 5.41 Å². The zero-order valence-electron chi connectivity index (χ0n) is 10.2. The van der Waals surface area contributed by atoms with Crippen LogP contribution in [0.4, 0.5) is 0 Å². The Kier molecular flexibility index (Phi) is 6.78. The van der Waals surface area contributed by atoms with E-state index in [1.807, 2.05) is 26.8 Å². The van der Waals surface area contributed by atoms with E-state index >= 15 is 0 Å². The number of aryl methyl sites for hydroxylation is 2. The highest BCUT2D eigenvalue weighted by molar-refractivity contribution is 5.83. The second-order valence-electron chi connectivity index (χ2n) is 3.70. The van der Waals surface area contributed by atoms with Crippen LogP contribution in [0.25, 0.3) is 0 Å². The Balaban J connectivity index is 0.000000251. The van der Waals surface area contributed by atoms with Crippen molar-refractivity contribution in [2.45, 2.75) is 33.6 Å². The molecule has 1 aliphatic rings. The third-order valence-electron chi connectivity index (χ3n) is 2.10. The summed E-state index contributed by atoms with van der Waals surface area (Å²) in [4.78, 5) is 7.99. The maximum absolute atomic E-state index is 7.01. The minimum atomic E-state index is 0.685. The van der Waals surface area contributed by atoms with Crippen LogP contribution in [0.5, 0.6) is 0 Å². The zero-order valence-corrected chi connectivity index (χ0v) is 10.2. The zero-order chi connectivity index (χ0) is 12.6. The van der Waals surface area contributed by atoms with E-state index in [1.54, 1.807) is 6.20 Å². The maximum Gasteiger partial charge on any atom is 0.125 e. The van der Waals surface area contributed by atoms with Crippen molar-refractivity contribution in [3.05, 3.63) is 23.8 Å². The van der Waals surface area contributed by atoms with Gasteiger partial charge in [-0.05, 0) is 45.6 Å². The van der Waals surface area contributed by atoms with E-state index in [0.717, 1.165) is 17.2 Å². The van der Waals surface area contributed by atoms with Crippen LogP contribution in [-0.4, -0.2) is 15.7 Å². The lowest BCUT2D eigenvalue weighted by Gasteiger charge is -1.89. The number of rotatable bonds is 1. The summed E-state index contributed by atoms with van der Waals surface area (Å²) in [6.07, 6.45) is 12.3. The molecule has 1 heterocycles. The molecule has 0 unspecified atom stereocenters. The minimum Gasteiger partial charge on any atom is -0.310 e. The Morgan fingerprint density at radius 3 is 2.12 bits per heavy atom. The molecule has 16 heavy (non-hydrogen) atoms. The molecule has 1 saturated carbocycles. The summed E-state index contributed by atoms with van der Waals surface area (Å²) in [6, 6.07) is 1.88. The smallest absolute Gasteiger partial charge is 0.125 e. The van der Waals surface area contributed by atoms with Gasteiger partial charge in [0.05, 0.1) is 0 Å². The average molecular weight is 217 g/mol. The average Bonchev–Trinajstić information content (AvgIpc) is 3.04. The first-order valence-corrected chi connectivity index (χ1v) is 5.24. The van der Waals surface area contributed by atoms with Gasteiger partial charge in [0.25, 0.3) is 0 Å². The number of nitrogens with one attached hydrogen (secondary N) is 1. The molecule has 0 radical (unpaired) electrons. The van der Waals surface area contributed by atoms with Crippen molar-refractivity contribution < 1.29 is 0 Å². The molecular weight excluding hydrogens is 198 g/mol. The fourth-order valence-corrected chi connectivity index (χ4v) is 1.09. The Labute approximate surface area is 97.8 Å². The summed E-state index contributed by atoms with van der Waals surface area (Å²) in [7, 11) is 0. The molecule has 0 atom stereocenters. The van der Waals surface area contributed by atoms with Crippen LogP contribution in [0.1, 0.15) is 31.3 Å². The Bertz CT molecular complexity index is 334. The van der Waals surface area contributed by atoms with Gasteiger partial charge >= 0.3 is 0 Å². The van der Waals surface area contributed by atoms with Gasteiger partial charge in [-0.3, -0.25) is 0 Å². The van der Waals surface area contributed by atoms with Crippen molar-refractivity contribution in [3.8, 4) is 12.8 Å². The fourth-order valence-electron chi connectivity index (χ4n) is 1.09. The van der Waals surface area contributed by atoms with E-state index in [-0.39, 0.29) is 0 Å². The number of terminal acetylenes is 1. The van der Waals surface area contributed by atoms with Gasteiger partial charge in [-0.25, -0.2) is 9.97 Å². The van der Waals surface area contributed by atoms with Crippen LogP contribution in [0, 0.1) is 38.0 Å². The van der Waals surface area contributed by atoms with E-state index in [4.69, 9.17) is 5.41 Å². The van der Waals surface area contributed by atoms with E-state index in [9.17, 15) is 0 Å². The number of aromatic nitrogens is 2. The Morgan fingerprint density at radius 2 is 1.94 bits per heavy atom. The van der Waals surface area contributed by atoms with Gasteiger partial charge in [0.1, 0.15) is 5.82 Å². The molecule has 0 bridgehead atoms. The molecule has 3 nitrogen and oxygen atoms in total. The first-order valence-electron chi connectivity index (χ1n) is 5.24. The number of nitrogens with zero attached hydrogens (tertiary/aromatic N) is 2. The molecule has 2 rings (SSSR count). The van der Waals surface area contributed by atoms with Crippen molar-refractivity contribution in [3.63, 3.8) is 0 Å². The minimum absolute atomic E-state index is 0.685. The molecule has 0 amide bonds. The van der Waals surface area contributed by atoms with Crippen molar-refractivity contribution in [1.82, 2.24) is 9.97 Å². The monoisotopic (exact) mass is 217 g/mol. The van der Waals surface area contributed by atoms with Gasteiger partial charge in [0, 0.05) is 17.6 Å². The molecule has 86 valence electrons. The second-order valence-corrected chi connectivity index (χ2v) is 3.70. The predicted molar refractivity (Wildman–Crippen MR) is 67.5 cm³/mol. The Morgan fingerprint density at radius 1 is 1.38 bits per heavy atom. The first kappa shape index (κ1) is 14.3. The lowest BCUT2D eigenvalue weighted by atomic mass is 10.3. The molecule has 1 aromatic rings. The van der Waals surface area contributed by atoms with Gasteiger partial charge in [-0.1, -0.05) is 0 Å². The summed E-state index contributed by atoms with van der Waals surface area (Å²) < 4.78 is 0. The summed E-state index contributed by atoms with van der Waals surface area (Å²) in [5.74, 6) is 1.52. The normalized spacial score (nSPS) is 12.6. The van der Waals surface area contributed by atoms with Crippen LogP contribution in [0.3, 0.4) is 0 Å². The van der Waals surface area contributed by atoms with E-state index in [2.05, 4.69) is 22.8 Å². The van der Waals surface area contributed by atoms with Crippen LogP contribution < -0.4 is 0 Å². The van der Waals surface area contributed by atoms with Gasteiger partial charge in [-0.2, -0.15) is 0 Å². The molecule has 1 aliphatic carbocycles. The topological polar surface area (TPSA) is 49.6 Å². The highest BCUT2D eigenvalue weighted by Crippen LogP contribution is 2.29. The van der Waals surface area contributed by atoms with Crippen molar-refractivity contribution in [2.75, 3.05) is 0 Å². The largest absolute Gasteiger partial charge is 0.310 e. The number of hydrogen-bond donors (Lipinski definition) is 1. The number of hydrogen-bond acceptors (Lipinski definition) is 3. The van der Waals surface area contributed by atoms with Gasteiger partial charge < -0.3 is 5.41 Å². The van der Waals surface area contributed by atoms with Crippen LogP contribution in [0.15, 0.2) is 12.3 Å². The molecule has 1 N–H and O–H groups in total. The molecule has 0 spiro atoms. The molecule has 1 fully saturated rings. The third kappa shape index (κ3) is 6.72. The van der Waals surface area contributed by atoms with Crippen molar-refractivity contribution >= 4 is 5.71 Å².